The van der Waals surface area contributed by atoms with Gasteiger partial charge in [-0.3, -0.25) is 4.79 Å². The van der Waals surface area contributed by atoms with E-state index in [4.69, 9.17) is 0 Å². The molecular weight excluding hydrogens is 349 g/mol. The molecule has 1 aliphatic rings. The molecule has 1 heterocycles. The van der Waals surface area contributed by atoms with E-state index in [1.165, 1.54) is 23.5 Å². The molecule has 3 aromatic rings. The van der Waals surface area contributed by atoms with Gasteiger partial charge < -0.3 is 10.6 Å². The first-order valence-electron chi connectivity index (χ1n) is 8.79. The van der Waals surface area contributed by atoms with Crippen molar-refractivity contribution in [2.24, 2.45) is 0 Å². The van der Waals surface area contributed by atoms with Gasteiger partial charge in [-0.2, -0.15) is 0 Å². The highest BCUT2D eigenvalue weighted by Gasteiger charge is 2.29. The summed E-state index contributed by atoms with van der Waals surface area (Å²) < 4.78 is 14.2. The predicted octanol–water partition coefficient (Wildman–Crippen LogP) is 4.51. The van der Waals surface area contributed by atoms with Crippen LogP contribution in [0.2, 0.25) is 0 Å². The fourth-order valence-corrected chi connectivity index (χ4v) is 4.41. The molecule has 0 bridgehead atoms. The number of halogens is 1. The molecule has 2 aromatic carbocycles. The van der Waals surface area contributed by atoms with Gasteiger partial charge in [-0.1, -0.05) is 29.0 Å². The summed E-state index contributed by atoms with van der Waals surface area (Å²) in [4.78, 5) is 17.1. The number of benzene rings is 2. The van der Waals surface area contributed by atoms with Gasteiger partial charge in [0.2, 0.25) is 0 Å². The average molecular weight is 369 g/mol. The summed E-state index contributed by atoms with van der Waals surface area (Å²) >= 11 is 1.44. The molecule has 0 radical (unpaired) electrons. The van der Waals surface area contributed by atoms with E-state index in [0.717, 1.165) is 40.2 Å². The Bertz CT molecular complexity index is 955. The molecule has 1 amide bonds. The number of anilines is 1. The van der Waals surface area contributed by atoms with Crippen LogP contribution in [0.5, 0.6) is 0 Å². The zero-order chi connectivity index (χ0) is 18.1. The third kappa shape index (κ3) is 3.55. The van der Waals surface area contributed by atoms with Crippen molar-refractivity contribution in [3.05, 3.63) is 59.4 Å². The highest BCUT2D eigenvalue weighted by Crippen LogP contribution is 2.30. The molecule has 0 unspecified atom stereocenters. The minimum absolute atomic E-state index is 0.0428. The first kappa shape index (κ1) is 17.0. The van der Waals surface area contributed by atoms with Crippen LogP contribution >= 0.6 is 11.3 Å². The van der Waals surface area contributed by atoms with Gasteiger partial charge in [0, 0.05) is 17.6 Å². The van der Waals surface area contributed by atoms with Crippen molar-refractivity contribution >= 4 is 32.6 Å². The Morgan fingerprint density at radius 1 is 1.19 bits per heavy atom. The highest BCUT2D eigenvalue weighted by atomic mass is 32.1. The van der Waals surface area contributed by atoms with Crippen molar-refractivity contribution < 1.29 is 9.18 Å². The lowest BCUT2D eigenvalue weighted by Gasteiger charge is -2.22. The zero-order valence-electron chi connectivity index (χ0n) is 14.5. The summed E-state index contributed by atoms with van der Waals surface area (Å²) in [6, 6.07) is 12.4. The van der Waals surface area contributed by atoms with Gasteiger partial charge in [-0.15, -0.1) is 0 Å². The lowest BCUT2D eigenvalue weighted by molar-refractivity contribution is 0.0936. The van der Waals surface area contributed by atoms with Crippen molar-refractivity contribution in [3.63, 3.8) is 0 Å². The Hall–Kier alpha value is -2.47. The van der Waals surface area contributed by atoms with Crippen LogP contribution in [0.25, 0.3) is 10.2 Å². The second-order valence-corrected chi connectivity index (χ2v) is 7.79. The quantitative estimate of drug-likeness (QED) is 0.712. The Labute approximate surface area is 155 Å². The van der Waals surface area contributed by atoms with Crippen molar-refractivity contribution in [2.75, 3.05) is 5.32 Å². The van der Waals surface area contributed by atoms with Crippen LogP contribution < -0.4 is 10.6 Å². The van der Waals surface area contributed by atoms with Gasteiger partial charge >= 0.3 is 0 Å². The lowest BCUT2D eigenvalue weighted by atomic mass is 10.1. The maximum Gasteiger partial charge on any atom is 0.251 e. The number of nitrogens with zero attached hydrogens (tertiary/aromatic N) is 1. The third-order valence-electron chi connectivity index (χ3n) is 4.77. The van der Waals surface area contributed by atoms with Crippen LogP contribution in [-0.2, 0) is 0 Å². The number of thiazole rings is 1. The second kappa shape index (κ2) is 7.03. The van der Waals surface area contributed by atoms with Crippen molar-refractivity contribution in [1.82, 2.24) is 10.3 Å². The van der Waals surface area contributed by atoms with Crippen LogP contribution in [0.15, 0.2) is 42.5 Å². The summed E-state index contributed by atoms with van der Waals surface area (Å²) in [5.74, 6) is -0.296. The maximum atomic E-state index is 13.4. The molecule has 4 rings (SSSR count). The van der Waals surface area contributed by atoms with E-state index in [9.17, 15) is 9.18 Å². The molecule has 134 valence electrons. The number of carbonyl (C=O) groups excluding carboxylic acids is 1. The Kier molecular flexibility index (Phi) is 4.59. The van der Waals surface area contributed by atoms with Gasteiger partial charge in [0.15, 0.2) is 5.13 Å². The fraction of sp³-hybridized carbons (Fsp3) is 0.300. The van der Waals surface area contributed by atoms with Crippen LogP contribution in [0.3, 0.4) is 0 Å². The van der Waals surface area contributed by atoms with Crippen molar-refractivity contribution in [1.29, 1.82) is 0 Å². The third-order valence-corrected chi connectivity index (χ3v) is 5.72. The van der Waals surface area contributed by atoms with E-state index in [1.807, 2.05) is 31.2 Å². The first-order chi connectivity index (χ1) is 12.6. The standard InChI is InChI=1S/C20H20FN3OS/c1-12-4-2-5-13(10-12)19(25)22-15-6-3-7-16(15)23-20-24-17-9-8-14(21)11-18(17)26-20/h2,4-5,8-11,15-16H,3,6-7H2,1H3,(H,22,25)(H,23,24)/t15-,16-/m1/s1. The molecule has 6 heteroatoms. The van der Waals surface area contributed by atoms with Gasteiger partial charge in [-0.25, -0.2) is 9.37 Å². The molecule has 2 N–H and O–H groups in total. The van der Waals surface area contributed by atoms with Crippen LogP contribution in [0.4, 0.5) is 9.52 Å². The maximum absolute atomic E-state index is 13.4. The van der Waals surface area contributed by atoms with E-state index >= 15 is 0 Å². The first-order valence-corrected chi connectivity index (χ1v) is 9.60. The number of rotatable bonds is 4. The number of hydrogen-bond donors (Lipinski definition) is 2. The number of aromatic nitrogens is 1. The van der Waals surface area contributed by atoms with E-state index in [1.54, 1.807) is 6.07 Å². The van der Waals surface area contributed by atoms with Gasteiger partial charge in [0.1, 0.15) is 5.82 Å². The van der Waals surface area contributed by atoms with Crippen LogP contribution in [0.1, 0.15) is 35.2 Å². The smallest absolute Gasteiger partial charge is 0.251 e. The number of fused-ring (bicyclic) bond motifs is 1. The van der Waals surface area contributed by atoms with E-state index in [-0.39, 0.29) is 23.8 Å². The molecule has 0 aliphatic heterocycles. The van der Waals surface area contributed by atoms with E-state index < -0.39 is 0 Å². The van der Waals surface area contributed by atoms with Crippen LogP contribution in [-0.4, -0.2) is 23.0 Å². The van der Waals surface area contributed by atoms with E-state index in [2.05, 4.69) is 15.6 Å². The normalized spacial score (nSPS) is 19.6. The molecule has 4 nitrogen and oxygen atoms in total. The summed E-state index contributed by atoms with van der Waals surface area (Å²) in [6.07, 6.45) is 2.97. The average Bonchev–Trinajstić information content (AvgIpc) is 3.21. The predicted molar refractivity (Wildman–Crippen MR) is 103 cm³/mol. The lowest BCUT2D eigenvalue weighted by Crippen LogP contribution is -2.43. The largest absolute Gasteiger partial charge is 0.357 e. The summed E-state index contributed by atoms with van der Waals surface area (Å²) in [5, 5.41) is 7.36. The Balaban J connectivity index is 1.46. The number of amides is 1. The summed E-state index contributed by atoms with van der Waals surface area (Å²) in [6.45, 7) is 1.98. The molecule has 1 saturated carbocycles. The Morgan fingerprint density at radius 2 is 2.04 bits per heavy atom. The fourth-order valence-electron chi connectivity index (χ4n) is 3.46. The number of carbonyl (C=O) groups is 1. The zero-order valence-corrected chi connectivity index (χ0v) is 15.3. The highest BCUT2D eigenvalue weighted by molar-refractivity contribution is 7.22. The summed E-state index contributed by atoms with van der Waals surface area (Å²) in [5.41, 5.74) is 2.55. The number of aryl methyl sites for hydroxylation is 1. The monoisotopic (exact) mass is 369 g/mol. The molecule has 26 heavy (non-hydrogen) atoms. The Morgan fingerprint density at radius 3 is 2.88 bits per heavy atom. The van der Waals surface area contributed by atoms with Crippen LogP contribution in [0, 0.1) is 12.7 Å². The van der Waals surface area contributed by atoms with Gasteiger partial charge in [0.05, 0.1) is 10.2 Å². The molecule has 0 saturated heterocycles. The number of hydrogen-bond acceptors (Lipinski definition) is 4. The second-order valence-electron chi connectivity index (χ2n) is 6.76. The molecule has 1 fully saturated rings. The molecule has 1 aliphatic carbocycles. The SMILES string of the molecule is Cc1cccc(C(=O)N[C@@H]2CCC[C@H]2Nc2nc3ccc(F)cc3s2)c1. The molecular formula is C20H20FN3OS. The van der Waals surface area contributed by atoms with Gasteiger partial charge in [-0.05, 0) is 56.5 Å². The van der Waals surface area contributed by atoms with Crippen molar-refractivity contribution in [3.8, 4) is 0 Å². The molecule has 0 spiro atoms. The number of nitrogens with one attached hydrogen (secondary N) is 2. The van der Waals surface area contributed by atoms with Crippen molar-refractivity contribution in [2.45, 2.75) is 38.3 Å². The van der Waals surface area contributed by atoms with Gasteiger partial charge in [0.25, 0.3) is 5.91 Å². The molecule has 1 aromatic heterocycles. The minimum Gasteiger partial charge on any atom is -0.357 e. The van der Waals surface area contributed by atoms with E-state index in [0.29, 0.717) is 5.56 Å². The summed E-state index contributed by atoms with van der Waals surface area (Å²) in [7, 11) is 0. The minimum atomic E-state index is -0.253. The topological polar surface area (TPSA) is 54.0 Å². The molecule has 2 atom stereocenters.